The maximum absolute atomic E-state index is 14.1. The molecule has 0 unspecified atom stereocenters. The largest absolute Gasteiger partial charge is 0.359 e. The molecule has 1 amide bonds. The summed E-state index contributed by atoms with van der Waals surface area (Å²) in [5.74, 6) is -0.686. The summed E-state index contributed by atoms with van der Waals surface area (Å²) >= 11 is 7.13. The molecule has 0 atom stereocenters. The van der Waals surface area contributed by atoms with E-state index in [9.17, 15) is 14.0 Å². The Morgan fingerprint density at radius 2 is 2.20 bits per heavy atom. The van der Waals surface area contributed by atoms with E-state index in [0.29, 0.717) is 21.9 Å². The molecule has 0 saturated carbocycles. The molecular weight excluding hydrogens is 365 g/mol. The molecule has 0 aliphatic heterocycles. The number of aromatic nitrogens is 2. The van der Waals surface area contributed by atoms with Gasteiger partial charge in [-0.2, -0.15) is 0 Å². The predicted molar refractivity (Wildman–Crippen MR) is 96.1 cm³/mol. The molecule has 0 radical (unpaired) electrons. The summed E-state index contributed by atoms with van der Waals surface area (Å²) in [6.45, 7) is 1.84. The van der Waals surface area contributed by atoms with E-state index in [-0.39, 0.29) is 29.3 Å². The second-order valence-corrected chi connectivity index (χ2v) is 7.14. The number of benzene rings is 1. The highest BCUT2D eigenvalue weighted by Gasteiger charge is 2.16. The fraction of sp³-hybridized carbons (Fsp3) is 0.235. The number of fused-ring (bicyclic) bond motifs is 1. The van der Waals surface area contributed by atoms with Gasteiger partial charge < -0.3 is 5.32 Å². The zero-order valence-electron chi connectivity index (χ0n) is 13.6. The van der Waals surface area contributed by atoms with E-state index < -0.39 is 5.82 Å². The van der Waals surface area contributed by atoms with Gasteiger partial charge in [-0.25, -0.2) is 9.37 Å². The first kappa shape index (κ1) is 17.6. The van der Waals surface area contributed by atoms with Crippen LogP contribution >= 0.6 is 22.9 Å². The Kier molecular flexibility index (Phi) is 4.87. The Hall–Kier alpha value is -2.25. The molecule has 5 nitrogen and oxygen atoms in total. The van der Waals surface area contributed by atoms with Gasteiger partial charge in [0.15, 0.2) is 4.96 Å². The lowest BCUT2D eigenvalue weighted by Gasteiger charge is -2.06. The minimum absolute atomic E-state index is 0.0372. The highest BCUT2D eigenvalue weighted by atomic mass is 35.5. The van der Waals surface area contributed by atoms with E-state index in [2.05, 4.69) is 10.3 Å². The van der Waals surface area contributed by atoms with Crippen molar-refractivity contribution in [3.05, 3.63) is 67.3 Å². The van der Waals surface area contributed by atoms with E-state index in [4.69, 9.17) is 11.6 Å². The van der Waals surface area contributed by atoms with Gasteiger partial charge in [-0.15, -0.1) is 11.3 Å². The van der Waals surface area contributed by atoms with Crippen molar-refractivity contribution < 1.29 is 9.18 Å². The molecule has 0 aliphatic rings. The standard InChI is InChI=1S/C17H15ClFN3O2S/c1-9-13(8-14(23)20-2)22-15(24)7-11(21-17(22)25-9)6-10-4-3-5-12(18)16(10)19/h3-5,7H,6,8H2,1-2H3,(H,20,23). The quantitative estimate of drug-likeness (QED) is 0.758. The number of hydrogen-bond acceptors (Lipinski definition) is 4. The van der Waals surface area contributed by atoms with E-state index in [1.165, 1.54) is 27.9 Å². The molecule has 0 bridgehead atoms. The van der Waals surface area contributed by atoms with Gasteiger partial charge in [-0.3, -0.25) is 14.0 Å². The van der Waals surface area contributed by atoms with Crippen LogP contribution in [0.25, 0.3) is 4.96 Å². The fourth-order valence-corrected chi connectivity index (χ4v) is 3.79. The maximum Gasteiger partial charge on any atom is 0.258 e. The average molecular weight is 380 g/mol. The molecule has 2 heterocycles. The molecule has 0 aliphatic carbocycles. The zero-order valence-corrected chi connectivity index (χ0v) is 15.2. The second kappa shape index (κ2) is 6.93. The first-order valence-corrected chi connectivity index (χ1v) is 8.74. The van der Waals surface area contributed by atoms with Crippen molar-refractivity contribution in [2.75, 3.05) is 7.05 Å². The van der Waals surface area contributed by atoms with Gasteiger partial charge >= 0.3 is 0 Å². The molecule has 3 rings (SSSR count). The summed E-state index contributed by atoms with van der Waals surface area (Å²) in [6, 6.07) is 6.11. The molecule has 130 valence electrons. The number of rotatable bonds is 4. The number of nitrogens with one attached hydrogen (secondary N) is 1. The van der Waals surface area contributed by atoms with Crippen LogP contribution in [0.2, 0.25) is 5.02 Å². The number of aryl methyl sites for hydroxylation is 1. The number of halogens is 2. The van der Waals surface area contributed by atoms with Gasteiger partial charge in [-0.05, 0) is 18.6 Å². The number of amides is 1. The molecule has 0 saturated heterocycles. The summed E-state index contributed by atoms with van der Waals surface area (Å²) in [4.78, 5) is 30.0. The average Bonchev–Trinajstić information content (AvgIpc) is 2.87. The molecule has 1 N–H and O–H groups in total. The lowest BCUT2D eigenvalue weighted by atomic mass is 10.1. The predicted octanol–water partition coefficient (Wildman–Crippen LogP) is 2.74. The first-order valence-electron chi connectivity index (χ1n) is 7.55. The van der Waals surface area contributed by atoms with Gasteiger partial charge in [0.05, 0.1) is 22.8 Å². The van der Waals surface area contributed by atoms with Crippen molar-refractivity contribution >= 4 is 33.8 Å². The van der Waals surface area contributed by atoms with Gasteiger partial charge in [-0.1, -0.05) is 23.7 Å². The Bertz CT molecular complexity index is 1030. The van der Waals surface area contributed by atoms with Crippen LogP contribution in [-0.4, -0.2) is 22.3 Å². The minimum Gasteiger partial charge on any atom is -0.359 e. The van der Waals surface area contributed by atoms with Crippen molar-refractivity contribution in [2.45, 2.75) is 19.8 Å². The third-order valence-corrected chi connectivity index (χ3v) is 5.16. The van der Waals surface area contributed by atoms with Crippen molar-refractivity contribution in [3.63, 3.8) is 0 Å². The second-order valence-electron chi connectivity index (χ2n) is 5.55. The number of nitrogens with zero attached hydrogens (tertiary/aromatic N) is 2. The zero-order chi connectivity index (χ0) is 18.1. The number of likely N-dealkylation sites (N-methyl/N-ethyl adjacent to an activating group) is 1. The Morgan fingerprint density at radius 1 is 1.44 bits per heavy atom. The molecule has 8 heteroatoms. The molecule has 2 aromatic heterocycles. The third-order valence-electron chi connectivity index (χ3n) is 3.87. The lowest BCUT2D eigenvalue weighted by Crippen LogP contribution is -2.24. The number of thiazole rings is 1. The first-order chi connectivity index (χ1) is 11.9. The van der Waals surface area contributed by atoms with Gasteiger partial charge in [0.2, 0.25) is 5.91 Å². The molecular formula is C17H15ClFN3O2S. The van der Waals surface area contributed by atoms with Crippen LogP contribution in [0.4, 0.5) is 4.39 Å². The lowest BCUT2D eigenvalue weighted by molar-refractivity contribution is -0.120. The fourth-order valence-electron chi connectivity index (χ4n) is 2.59. The Morgan fingerprint density at radius 3 is 2.92 bits per heavy atom. The van der Waals surface area contributed by atoms with Crippen molar-refractivity contribution in [3.8, 4) is 0 Å². The van der Waals surface area contributed by atoms with Crippen molar-refractivity contribution in [1.29, 1.82) is 0 Å². The highest BCUT2D eigenvalue weighted by molar-refractivity contribution is 7.17. The molecule has 25 heavy (non-hydrogen) atoms. The van der Waals surface area contributed by atoms with Gasteiger partial charge in [0.25, 0.3) is 5.56 Å². The monoisotopic (exact) mass is 379 g/mol. The van der Waals surface area contributed by atoms with Crippen LogP contribution in [0.5, 0.6) is 0 Å². The summed E-state index contributed by atoms with van der Waals surface area (Å²) in [6.07, 6.45) is 0.270. The number of carbonyl (C=O) groups is 1. The van der Waals surface area contributed by atoms with Crippen LogP contribution in [0.15, 0.2) is 29.1 Å². The Balaban J connectivity index is 2.04. The van der Waals surface area contributed by atoms with Crippen LogP contribution in [0, 0.1) is 12.7 Å². The Labute approximate surface area is 152 Å². The molecule has 0 spiro atoms. The number of carbonyl (C=O) groups excluding carboxylic acids is 1. The van der Waals surface area contributed by atoms with Crippen molar-refractivity contribution in [2.24, 2.45) is 0 Å². The van der Waals surface area contributed by atoms with Crippen LogP contribution in [0.1, 0.15) is 21.8 Å². The number of hydrogen-bond donors (Lipinski definition) is 1. The van der Waals surface area contributed by atoms with E-state index in [0.717, 1.165) is 4.88 Å². The topological polar surface area (TPSA) is 63.5 Å². The summed E-state index contributed by atoms with van der Waals surface area (Å²) in [7, 11) is 1.55. The SMILES string of the molecule is CNC(=O)Cc1c(C)sc2nc(Cc3cccc(Cl)c3F)cc(=O)n12. The minimum atomic E-state index is -0.506. The van der Waals surface area contributed by atoms with E-state index >= 15 is 0 Å². The third kappa shape index (κ3) is 3.43. The van der Waals surface area contributed by atoms with Crippen LogP contribution < -0.4 is 10.9 Å². The van der Waals surface area contributed by atoms with Crippen LogP contribution in [0.3, 0.4) is 0 Å². The van der Waals surface area contributed by atoms with Crippen LogP contribution in [-0.2, 0) is 17.6 Å². The van der Waals surface area contributed by atoms with E-state index in [1.54, 1.807) is 19.2 Å². The highest BCUT2D eigenvalue weighted by Crippen LogP contribution is 2.23. The van der Waals surface area contributed by atoms with Crippen molar-refractivity contribution in [1.82, 2.24) is 14.7 Å². The molecule has 3 aromatic rings. The summed E-state index contributed by atoms with van der Waals surface area (Å²) < 4.78 is 15.5. The maximum atomic E-state index is 14.1. The van der Waals surface area contributed by atoms with E-state index in [1.807, 2.05) is 6.92 Å². The molecule has 0 fully saturated rings. The van der Waals surface area contributed by atoms with Gasteiger partial charge in [0.1, 0.15) is 5.82 Å². The summed E-state index contributed by atoms with van der Waals surface area (Å²) in [5.41, 5.74) is 1.17. The normalized spacial score (nSPS) is 11.0. The molecule has 1 aromatic carbocycles. The van der Waals surface area contributed by atoms with Gasteiger partial charge in [0, 0.05) is 24.4 Å². The summed E-state index contributed by atoms with van der Waals surface area (Å²) in [5, 5.41) is 2.58. The smallest absolute Gasteiger partial charge is 0.258 e.